The molecule has 0 bridgehead atoms. The first-order valence-corrected chi connectivity index (χ1v) is 5.37. The third-order valence-corrected chi connectivity index (χ3v) is 2.65. The van der Waals surface area contributed by atoms with Gasteiger partial charge in [-0.15, -0.1) is 0 Å². The van der Waals surface area contributed by atoms with Gasteiger partial charge >= 0.3 is 0 Å². The van der Waals surface area contributed by atoms with E-state index in [0.717, 1.165) is 35.7 Å². The van der Waals surface area contributed by atoms with Gasteiger partial charge in [-0.25, -0.2) is 9.97 Å². The summed E-state index contributed by atoms with van der Waals surface area (Å²) in [7, 11) is 0. The first-order valence-electron chi connectivity index (χ1n) is 4.29. The lowest BCUT2D eigenvalue weighted by atomic mass is 10.3. The van der Waals surface area contributed by atoms with E-state index in [4.69, 9.17) is 0 Å². The highest BCUT2D eigenvalue weighted by Crippen LogP contribution is 2.11. The quantitative estimate of drug-likeness (QED) is 0.604. The average molecular weight is 290 g/mol. The van der Waals surface area contributed by atoms with Gasteiger partial charge in [-0.2, -0.15) is 0 Å². The van der Waals surface area contributed by atoms with E-state index >= 15 is 0 Å². The van der Waals surface area contributed by atoms with E-state index < -0.39 is 0 Å². The summed E-state index contributed by atoms with van der Waals surface area (Å²) in [4.78, 5) is 10.6. The van der Waals surface area contributed by atoms with Crippen LogP contribution in [0.25, 0.3) is 0 Å². The lowest BCUT2D eigenvalue weighted by Gasteiger charge is -2.28. The maximum Gasteiger partial charge on any atom is 0.190 e. The Balaban J connectivity index is 2.10. The lowest BCUT2D eigenvalue weighted by molar-refractivity contribution is 0.588. The molecule has 1 aromatic rings. The van der Waals surface area contributed by atoms with Gasteiger partial charge in [-0.1, -0.05) is 0 Å². The van der Waals surface area contributed by atoms with E-state index in [0.29, 0.717) is 0 Å². The fraction of sp³-hybridized carbons (Fsp3) is 0.500. The summed E-state index contributed by atoms with van der Waals surface area (Å²) in [5, 5.41) is 3.31. The molecule has 0 aromatic carbocycles. The molecule has 1 saturated heterocycles. The Kier molecular flexibility index (Phi) is 2.94. The summed E-state index contributed by atoms with van der Waals surface area (Å²) in [6.07, 6.45) is 3.78. The Hall–Kier alpha value is -0.430. The summed E-state index contributed by atoms with van der Waals surface area (Å²) in [5.74, 6) is 0. The zero-order chi connectivity index (χ0) is 9.10. The van der Waals surface area contributed by atoms with Crippen LogP contribution in [-0.4, -0.2) is 36.1 Å². The van der Waals surface area contributed by atoms with Crippen LogP contribution in [0.4, 0.5) is 5.69 Å². The minimum absolute atomic E-state index is 0.802. The minimum Gasteiger partial charge on any atom is -0.366 e. The molecule has 0 radical (unpaired) electrons. The van der Waals surface area contributed by atoms with E-state index in [-0.39, 0.29) is 0 Å². The number of rotatable bonds is 1. The van der Waals surface area contributed by atoms with Crippen LogP contribution in [0.2, 0.25) is 0 Å². The number of hydrogen-bond acceptors (Lipinski definition) is 4. The second kappa shape index (κ2) is 4.19. The van der Waals surface area contributed by atoms with Gasteiger partial charge in [-0.05, 0) is 0 Å². The predicted molar refractivity (Wildman–Crippen MR) is 59.8 cm³/mol. The SMILES string of the molecule is Ic1ncc(N2CCNCC2)cn1. The van der Waals surface area contributed by atoms with Crippen molar-refractivity contribution in [2.24, 2.45) is 0 Å². The molecule has 0 atom stereocenters. The third kappa shape index (κ3) is 2.28. The molecule has 1 aromatic heterocycles. The van der Waals surface area contributed by atoms with E-state index in [9.17, 15) is 0 Å². The maximum absolute atomic E-state index is 4.17. The topological polar surface area (TPSA) is 41.1 Å². The molecular formula is C8H11IN4. The van der Waals surface area contributed by atoms with Crippen LogP contribution in [0, 0.1) is 3.83 Å². The summed E-state index contributed by atoms with van der Waals surface area (Å²) < 4.78 is 0.802. The van der Waals surface area contributed by atoms with E-state index in [1.807, 2.05) is 12.4 Å². The van der Waals surface area contributed by atoms with Crippen molar-refractivity contribution in [1.82, 2.24) is 15.3 Å². The van der Waals surface area contributed by atoms with Gasteiger partial charge in [0.15, 0.2) is 3.83 Å². The Morgan fingerprint density at radius 1 is 1.23 bits per heavy atom. The van der Waals surface area contributed by atoms with Crippen LogP contribution in [-0.2, 0) is 0 Å². The van der Waals surface area contributed by atoms with Crippen molar-refractivity contribution in [3.05, 3.63) is 16.2 Å². The fourth-order valence-corrected chi connectivity index (χ4v) is 1.67. The van der Waals surface area contributed by atoms with Crippen molar-refractivity contribution in [2.75, 3.05) is 31.1 Å². The van der Waals surface area contributed by atoms with Crippen molar-refractivity contribution in [3.8, 4) is 0 Å². The zero-order valence-corrected chi connectivity index (χ0v) is 9.36. The number of halogens is 1. The first kappa shape index (κ1) is 9.14. The first-order chi connectivity index (χ1) is 6.36. The van der Waals surface area contributed by atoms with Gasteiger partial charge < -0.3 is 10.2 Å². The van der Waals surface area contributed by atoms with Crippen LogP contribution >= 0.6 is 22.6 Å². The number of anilines is 1. The molecular weight excluding hydrogens is 279 g/mol. The zero-order valence-electron chi connectivity index (χ0n) is 7.20. The van der Waals surface area contributed by atoms with Crippen molar-refractivity contribution < 1.29 is 0 Å². The highest BCUT2D eigenvalue weighted by molar-refractivity contribution is 14.1. The highest BCUT2D eigenvalue weighted by Gasteiger charge is 2.10. The Bertz CT molecular complexity index is 268. The minimum atomic E-state index is 0.802. The van der Waals surface area contributed by atoms with Crippen molar-refractivity contribution in [2.45, 2.75) is 0 Å². The third-order valence-electron chi connectivity index (χ3n) is 2.09. The molecule has 0 saturated carbocycles. The molecule has 0 spiro atoms. The van der Waals surface area contributed by atoms with Gasteiger partial charge in [0.2, 0.25) is 0 Å². The van der Waals surface area contributed by atoms with Crippen LogP contribution in [0.15, 0.2) is 12.4 Å². The van der Waals surface area contributed by atoms with Gasteiger partial charge in [0.1, 0.15) is 0 Å². The largest absolute Gasteiger partial charge is 0.366 e. The summed E-state index contributed by atoms with van der Waals surface area (Å²) >= 11 is 2.11. The summed E-state index contributed by atoms with van der Waals surface area (Å²) in [6, 6.07) is 0. The average Bonchev–Trinajstić information content (AvgIpc) is 2.20. The van der Waals surface area contributed by atoms with Crippen LogP contribution in [0.5, 0.6) is 0 Å². The Labute approximate surface area is 90.9 Å². The highest BCUT2D eigenvalue weighted by atomic mass is 127. The molecule has 1 N–H and O–H groups in total. The van der Waals surface area contributed by atoms with Gasteiger partial charge in [0.25, 0.3) is 0 Å². The molecule has 1 aliphatic heterocycles. The monoisotopic (exact) mass is 290 g/mol. The Morgan fingerprint density at radius 3 is 2.46 bits per heavy atom. The molecule has 4 nitrogen and oxygen atoms in total. The second-order valence-corrected chi connectivity index (χ2v) is 3.91. The van der Waals surface area contributed by atoms with Crippen molar-refractivity contribution >= 4 is 28.3 Å². The van der Waals surface area contributed by atoms with E-state index in [1.54, 1.807) is 0 Å². The predicted octanol–water partition coefficient (Wildman–Crippen LogP) is 0.491. The summed E-state index contributed by atoms with van der Waals surface area (Å²) in [5.41, 5.74) is 1.13. The molecule has 2 rings (SSSR count). The Morgan fingerprint density at radius 2 is 1.85 bits per heavy atom. The molecule has 2 heterocycles. The van der Waals surface area contributed by atoms with Crippen LogP contribution in [0.1, 0.15) is 0 Å². The number of piperazine rings is 1. The van der Waals surface area contributed by atoms with E-state index in [2.05, 4.69) is 42.8 Å². The lowest BCUT2D eigenvalue weighted by Crippen LogP contribution is -2.43. The maximum atomic E-state index is 4.17. The molecule has 13 heavy (non-hydrogen) atoms. The molecule has 0 unspecified atom stereocenters. The van der Waals surface area contributed by atoms with Crippen molar-refractivity contribution in [1.29, 1.82) is 0 Å². The number of hydrogen-bond donors (Lipinski definition) is 1. The van der Waals surface area contributed by atoms with E-state index in [1.165, 1.54) is 0 Å². The molecule has 5 heteroatoms. The molecule has 1 aliphatic rings. The van der Waals surface area contributed by atoms with Gasteiger partial charge in [-0.3, -0.25) is 0 Å². The number of nitrogens with one attached hydrogen (secondary N) is 1. The van der Waals surface area contributed by atoms with Gasteiger partial charge in [0, 0.05) is 48.8 Å². The standard InChI is InChI=1S/C8H11IN4/c9-8-11-5-7(6-12-8)13-3-1-10-2-4-13/h5-6,10H,1-4H2. The summed E-state index contributed by atoms with van der Waals surface area (Å²) in [6.45, 7) is 4.19. The normalized spacial score (nSPS) is 17.5. The van der Waals surface area contributed by atoms with Crippen molar-refractivity contribution in [3.63, 3.8) is 0 Å². The number of nitrogens with zero attached hydrogens (tertiary/aromatic N) is 3. The molecule has 0 aliphatic carbocycles. The second-order valence-electron chi connectivity index (χ2n) is 2.95. The smallest absolute Gasteiger partial charge is 0.190 e. The molecule has 70 valence electrons. The van der Waals surface area contributed by atoms with Gasteiger partial charge in [0.05, 0.1) is 18.1 Å². The van der Waals surface area contributed by atoms with Crippen LogP contribution in [0.3, 0.4) is 0 Å². The molecule has 1 fully saturated rings. The molecule has 0 amide bonds. The van der Waals surface area contributed by atoms with Crippen LogP contribution < -0.4 is 10.2 Å². The fourth-order valence-electron chi connectivity index (χ4n) is 1.39. The number of aromatic nitrogens is 2.